The molecule has 0 N–H and O–H groups in total. The molecular weight excluding hydrogens is 1000 g/mol. The summed E-state index contributed by atoms with van der Waals surface area (Å²) in [4.78, 5) is 0. The molecule has 17 aromatic carbocycles. The molecule has 0 aliphatic heterocycles. The van der Waals surface area contributed by atoms with E-state index in [0.717, 1.165) is 21.9 Å². The number of hydrogen-bond donors (Lipinski definition) is 0. The van der Waals surface area contributed by atoms with Crippen LogP contribution in [0.2, 0.25) is 0 Å². The number of para-hydroxylation sites is 1. The van der Waals surface area contributed by atoms with Crippen molar-refractivity contribution >= 4 is 108 Å². The fourth-order valence-electron chi connectivity index (χ4n) is 11.8. The van der Waals surface area contributed by atoms with Gasteiger partial charge in [-0.15, -0.1) is 0 Å². The number of hydrogen-bond acceptors (Lipinski definition) is 1. The van der Waals surface area contributed by atoms with Gasteiger partial charge in [0.05, 0.1) is 35.6 Å². The zero-order valence-electron chi connectivity index (χ0n) is 69.3. The second-order valence-electron chi connectivity index (χ2n) is 20.1. The minimum absolute atomic E-state index is 0.312. The number of benzene rings is 17. The van der Waals surface area contributed by atoms with Crippen molar-refractivity contribution in [1.82, 2.24) is 0 Å². The normalized spacial score (nSPS) is 16.2. The molecular formula is C82H50O. The van der Waals surface area contributed by atoms with E-state index in [0.29, 0.717) is 0 Å². The van der Waals surface area contributed by atoms with Crippen molar-refractivity contribution in [1.29, 1.82) is 0 Å². The number of fused-ring (bicyclic) bond motifs is 5. The molecule has 384 valence electrons. The van der Waals surface area contributed by atoms with Crippen molar-refractivity contribution in [2.24, 2.45) is 0 Å². The van der Waals surface area contributed by atoms with E-state index in [1.807, 2.05) is 12.1 Å². The van der Waals surface area contributed by atoms with Crippen molar-refractivity contribution in [3.8, 4) is 66.8 Å². The highest BCUT2D eigenvalue weighted by Gasteiger charge is 2.21. The van der Waals surface area contributed by atoms with Crippen LogP contribution in [0, 0.1) is 0 Å². The Hall–Kier alpha value is -10.9. The molecule has 18 rings (SSSR count). The smallest absolute Gasteiger partial charge is 0.135 e. The molecule has 1 nitrogen and oxygen atoms in total. The van der Waals surface area contributed by atoms with Crippen molar-refractivity contribution in [3.05, 3.63) is 303 Å². The molecule has 0 aliphatic carbocycles. The number of rotatable bonds is 6. The molecule has 0 bridgehead atoms. The Morgan fingerprint density at radius 1 is 0.229 bits per heavy atom. The Morgan fingerprint density at radius 3 is 1.28 bits per heavy atom. The molecule has 0 atom stereocenters. The first kappa shape index (κ1) is 28.0. The van der Waals surface area contributed by atoms with Gasteiger partial charge in [-0.3, -0.25) is 0 Å². The molecule has 0 saturated carbocycles. The van der Waals surface area contributed by atoms with Crippen LogP contribution in [-0.2, 0) is 0 Å². The van der Waals surface area contributed by atoms with Crippen LogP contribution in [0.5, 0.6) is 0 Å². The predicted octanol–water partition coefficient (Wildman–Crippen LogP) is 23.4. The zero-order chi connectivity index (χ0) is 77.2. The molecule has 0 amide bonds. The van der Waals surface area contributed by atoms with Gasteiger partial charge in [0.25, 0.3) is 0 Å². The SMILES string of the molecule is [2H]c1c([2H])c([2H])c(-c2c([2H])c(-c3c([2H])c([2H])c4c([2H])c([2H])c5c([2H])c([2H])c([2H])c6c([2H])c([2H])c3c4c56)c([2H])c(-c3c([2H])c([2H])c4c([2H])c([2H])c5c([2H])c([2H])c([2H])c6c([2H])c([2H])c3c4c56)c2[2H])c([2H])c1[2H].c1ccc(-c2ccc3c(-c4ccc5oc6ccccc6c5c4)c4ccccc4c(-c4ccccc4)c3c2)cc1. The highest BCUT2D eigenvalue weighted by Crippen LogP contribution is 2.48. The van der Waals surface area contributed by atoms with E-state index in [1.54, 1.807) is 0 Å². The van der Waals surface area contributed by atoms with E-state index in [1.165, 1.54) is 54.9 Å². The molecule has 1 aromatic heterocycles. The lowest BCUT2D eigenvalue weighted by molar-refractivity contribution is 0.669. The minimum atomic E-state index is -1.06. The first-order valence-electron chi connectivity index (χ1n) is 39.6. The quantitative estimate of drug-likeness (QED) is 0.119. The molecule has 0 fully saturated rings. The summed E-state index contributed by atoms with van der Waals surface area (Å²) in [5, 5.41) is 2.09. The second kappa shape index (κ2) is 18.9. The third-order valence-corrected chi connectivity index (χ3v) is 15.5. The van der Waals surface area contributed by atoms with Gasteiger partial charge in [0.1, 0.15) is 11.2 Å². The summed E-state index contributed by atoms with van der Waals surface area (Å²) >= 11 is 0. The predicted molar refractivity (Wildman–Crippen MR) is 355 cm³/mol. The molecule has 0 saturated heterocycles. The molecule has 83 heavy (non-hydrogen) atoms. The first-order valence-corrected chi connectivity index (χ1v) is 26.6. The van der Waals surface area contributed by atoms with Gasteiger partial charge in [-0.1, -0.05) is 260 Å². The summed E-state index contributed by atoms with van der Waals surface area (Å²) in [6, 6.07) is 29.8. The fraction of sp³-hybridized carbons (Fsp3) is 0. The van der Waals surface area contributed by atoms with Crippen molar-refractivity contribution in [3.63, 3.8) is 0 Å². The maximum atomic E-state index is 10.0. The first-order chi connectivity index (χ1) is 52.0. The Morgan fingerprint density at radius 2 is 0.675 bits per heavy atom. The summed E-state index contributed by atoms with van der Waals surface area (Å²) < 4.78 is 242. The van der Waals surface area contributed by atoms with Gasteiger partial charge in [0.15, 0.2) is 0 Å². The van der Waals surface area contributed by atoms with Gasteiger partial charge < -0.3 is 4.42 Å². The zero-order valence-corrected chi connectivity index (χ0v) is 43.3. The molecule has 0 unspecified atom stereocenters. The standard InChI is InChI=1S/C44H26.C38H24O/c1-2-6-27(7-3-1)34-24-35(37-20-16-32-14-12-28-8-4-10-30-18-22-39(37)43(32)41(28)30)26-36(25-34)38-21-17-33-15-13-29-9-5-11-31-19-23-40(38)44(33)42(29)31;1-3-11-25(12-4-1)27-19-21-32-34(23-27)37(26-13-5-2-6-14-26)30-16-7-8-17-31(30)38(32)28-20-22-36-33(24-28)29-15-9-10-18-35(29)39-36/h1-26H;1-24H/i1D,2D,3D,4D,5D,6D,7D,8D,9D,10D,11D,12D,13D,14D,15D,16D,17D,18D,19D,20D,21D,22D,23D,24D,25D,26D;. The van der Waals surface area contributed by atoms with Crippen LogP contribution in [0.4, 0.5) is 0 Å². The molecule has 1 heteroatoms. The van der Waals surface area contributed by atoms with Crippen molar-refractivity contribution < 1.29 is 40.1 Å². The topological polar surface area (TPSA) is 13.1 Å². The molecule has 0 radical (unpaired) electrons. The molecule has 1 heterocycles. The highest BCUT2D eigenvalue weighted by molar-refractivity contribution is 6.28. The Balaban J connectivity index is 0.000000186. The monoisotopic (exact) mass is 1080 g/mol. The minimum Gasteiger partial charge on any atom is -0.456 e. The van der Waals surface area contributed by atoms with Crippen LogP contribution in [0.25, 0.3) is 175 Å². The van der Waals surface area contributed by atoms with E-state index >= 15 is 0 Å². The Labute approximate surface area is 516 Å². The van der Waals surface area contributed by atoms with Gasteiger partial charge in [0.2, 0.25) is 0 Å². The maximum absolute atomic E-state index is 10.0. The summed E-state index contributed by atoms with van der Waals surface area (Å²) in [7, 11) is 0. The van der Waals surface area contributed by atoms with Gasteiger partial charge in [0, 0.05) is 10.8 Å². The molecule has 0 aliphatic rings. The van der Waals surface area contributed by atoms with E-state index in [4.69, 9.17) is 25.0 Å². The lowest BCUT2D eigenvalue weighted by Gasteiger charge is -2.19. The maximum Gasteiger partial charge on any atom is 0.135 e. The summed E-state index contributed by atoms with van der Waals surface area (Å²) in [6.07, 6.45) is 0. The molecule has 18 aromatic rings. The lowest BCUT2D eigenvalue weighted by Crippen LogP contribution is -1.91. The van der Waals surface area contributed by atoms with Crippen LogP contribution < -0.4 is 0 Å². The largest absolute Gasteiger partial charge is 0.456 e. The Bertz CT molecular complexity index is 6850. The van der Waals surface area contributed by atoms with Gasteiger partial charge in [-0.05, 0) is 195 Å². The van der Waals surface area contributed by atoms with E-state index < -0.39 is 234 Å². The molecule has 0 spiro atoms. The average Bonchev–Trinajstić information content (AvgIpc) is 0.833. The van der Waals surface area contributed by atoms with Gasteiger partial charge in [-0.2, -0.15) is 0 Å². The van der Waals surface area contributed by atoms with E-state index in [-0.39, 0.29) is 21.5 Å². The third kappa shape index (κ3) is 7.63. The third-order valence-electron chi connectivity index (χ3n) is 15.5. The summed E-state index contributed by atoms with van der Waals surface area (Å²) in [5.41, 5.74) is 4.30. The van der Waals surface area contributed by atoms with Gasteiger partial charge in [-0.25, -0.2) is 0 Å². The van der Waals surface area contributed by atoms with E-state index in [9.17, 15) is 15.1 Å². The van der Waals surface area contributed by atoms with Gasteiger partial charge >= 0.3 is 0 Å². The fourth-order valence-corrected chi connectivity index (χ4v) is 11.8. The number of furan rings is 1. The lowest BCUT2D eigenvalue weighted by atomic mass is 9.84. The van der Waals surface area contributed by atoms with Crippen LogP contribution in [-0.4, -0.2) is 0 Å². The second-order valence-corrected chi connectivity index (χ2v) is 20.1. The van der Waals surface area contributed by atoms with Crippen LogP contribution >= 0.6 is 0 Å². The van der Waals surface area contributed by atoms with Crippen LogP contribution in [0.3, 0.4) is 0 Å². The van der Waals surface area contributed by atoms with Crippen LogP contribution in [0.1, 0.15) is 35.6 Å². The van der Waals surface area contributed by atoms with Crippen molar-refractivity contribution in [2.75, 3.05) is 0 Å². The van der Waals surface area contributed by atoms with Crippen molar-refractivity contribution in [2.45, 2.75) is 0 Å². The summed E-state index contributed by atoms with van der Waals surface area (Å²) in [5.74, 6) is 0. The summed E-state index contributed by atoms with van der Waals surface area (Å²) in [6.45, 7) is 0. The average molecular weight is 1080 g/mol. The Kier molecular flexibility index (Phi) is 6.38. The van der Waals surface area contributed by atoms with E-state index in [2.05, 4.69) is 133 Å². The highest BCUT2D eigenvalue weighted by atomic mass is 16.3. The van der Waals surface area contributed by atoms with Crippen LogP contribution in [0.15, 0.2) is 307 Å².